The van der Waals surface area contributed by atoms with Crippen LogP contribution in [-0.4, -0.2) is 35.3 Å². The van der Waals surface area contributed by atoms with Gasteiger partial charge in [0.25, 0.3) is 0 Å². The summed E-state index contributed by atoms with van der Waals surface area (Å²) in [6.45, 7) is 3.01. The van der Waals surface area contributed by atoms with Gasteiger partial charge in [-0.05, 0) is 34.7 Å². The monoisotopic (exact) mass is 435 g/mol. The van der Waals surface area contributed by atoms with Crippen molar-refractivity contribution in [2.45, 2.75) is 31.4 Å². The molecule has 0 radical (unpaired) electrons. The van der Waals surface area contributed by atoms with Gasteiger partial charge in [-0.25, -0.2) is 9.37 Å². The number of halogens is 1. The molecule has 0 unspecified atom stereocenters. The zero-order valence-corrected chi connectivity index (χ0v) is 17.8. The van der Waals surface area contributed by atoms with Gasteiger partial charge in [0.2, 0.25) is 5.88 Å². The van der Waals surface area contributed by atoms with E-state index in [0.29, 0.717) is 24.5 Å². The first-order valence-corrected chi connectivity index (χ1v) is 10.7. The van der Waals surface area contributed by atoms with Crippen molar-refractivity contribution in [1.82, 2.24) is 10.3 Å². The molecule has 2 aromatic carbocycles. The first-order valence-electron chi connectivity index (χ1n) is 10.7. The minimum Gasteiger partial charge on any atom is -0.481 e. The summed E-state index contributed by atoms with van der Waals surface area (Å²) < 4.78 is 21.1. The summed E-state index contributed by atoms with van der Waals surface area (Å²) in [7, 11) is 0. The smallest absolute Gasteiger partial charge is 0.307 e. The van der Waals surface area contributed by atoms with Crippen LogP contribution in [0.5, 0.6) is 5.88 Å². The van der Waals surface area contributed by atoms with Crippen LogP contribution in [0.2, 0.25) is 0 Å². The number of carboxylic acids is 1. The highest BCUT2D eigenvalue weighted by Gasteiger charge is 2.30. The van der Waals surface area contributed by atoms with Crippen LogP contribution in [0.4, 0.5) is 10.1 Å². The van der Waals surface area contributed by atoms with E-state index >= 15 is 0 Å². The summed E-state index contributed by atoms with van der Waals surface area (Å²) >= 11 is 0. The number of hydrogen-bond donors (Lipinski definition) is 3. The Morgan fingerprint density at radius 2 is 2.03 bits per heavy atom. The molecule has 0 bridgehead atoms. The van der Waals surface area contributed by atoms with E-state index in [0.717, 1.165) is 11.3 Å². The van der Waals surface area contributed by atoms with E-state index in [1.807, 2.05) is 49.4 Å². The predicted molar refractivity (Wildman–Crippen MR) is 120 cm³/mol. The molecule has 3 atom stereocenters. The van der Waals surface area contributed by atoms with Gasteiger partial charge < -0.3 is 20.5 Å². The minimum atomic E-state index is -1.05. The number of rotatable bonds is 8. The molecule has 2 heterocycles. The van der Waals surface area contributed by atoms with E-state index in [9.17, 15) is 9.18 Å². The van der Waals surface area contributed by atoms with E-state index in [4.69, 9.17) is 9.84 Å². The highest BCUT2D eigenvalue weighted by atomic mass is 19.1. The molecule has 6 nitrogen and oxygen atoms in total. The topological polar surface area (TPSA) is 83.5 Å². The van der Waals surface area contributed by atoms with Crippen LogP contribution < -0.4 is 15.4 Å². The molecule has 166 valence electrons. The molecule has 0 saturated carbocycles. The van der Waals surface area contributed by atoms with Crippen molar-refractivity contribution in [3.63, 3.8) is 0 Å². The second-order valence-electron chi connectivity index (χ2n) is 7.98. The van der Waals surface area contributed by atoms with Crippen LogP contribution in [0.25, 0.3) is 0 Å². The number of nitrogens with one attached hydrogen (secondary N) is 2. The largest absolute Gasteiger partial charge is 0.481 e. The molecule has 0 fully saturated rings. The average molecular weight is 435 g/mol. The third-order valence-electron chi connectivity index (χ3n) is 5.68. The fraction of sp³-hybridized carbons (Fsp3) is 0.280. The van der Waals surface area contributed by atoms with Crippen molar-refractivity contribution < 1.29 is 19.0 Å². The lowest BCUT2D eigenvalue weighted by Gasteiger charge is -2.33. The average Bonchev–Trinajstić information content (AvgIpc) is 2.81. The van der Waals surface area contributed by atoms with Gasteiger partial charge in [-0.15, -0.1) is 0 Å². The summed E-state index contributed by atoms with van der Waals surface area (Å²) in [5.74, 6) is -1.11. The molecule has 3 aromatic rings. The number of carboxylic acid groups (broad SMARTS) is 1. The zero-order valence-electron chi connectivity index (χ0n) is 17.8. The minimum absolute atomic E-state index is 0.147. The molecular formula is C25H26FN3O3. The number of anilines is 1. The highest BCUT2D eigenvalue weighted by molar-refractivity contribution is 5.70. The summed E-state index contributed by atoms with van der Waals surface area (Å²) in [5.41, 5.74) is 2.62. The maximum Gasteiger partial charge on any atom is 0.307 e. The van der Waals surface area contributed by atoms with Crippen molar-refractivity contribution in [3.05, 3.63) is 89.4 Å². The van der Waals surface area contributed by atoms with Gasteiger partial charge in [0.15, 0.2) is 0 Å². The molecule has 0 aliphatic carbocycles. The summed E-state index contributed by atoms with van der Waals surface area (Å²) in [6.07, 6.45) is 1.15. The van der Waals surface area contributed by atoms with E-state index < -0.39 is 11.8 Å². The van der Waals surface area contributed by atoms with Crippen LogP contribution in [-0.2, 0) is 11.2 Å². The van der Waals surface area contributed by atoms with Gasteiger partial charge >= 0.3 is 5.97 Å². The number of aliphatic carboxylic acids is 1. The van der Waals surface area contributed by atoms with Gasteiger partial charge in [0.05, 0.1) is 24.7 Å². The fourth-order valence-corrected chi connectivity index (χ4v) is 4.02. The van der Waals surface area contributed by atoms with Gasteiger partial charge in [-0.3, -0.25) is 4.79 Å². The van der Waals surface area contributed by atoms with Gasteiger partial charge in [0.1, 0.15) is 11.9 Å². The fourth-order valence-electron chi connectivity index (χ4n) is 4.02. The Balaban J connectivity index is 1.52. The molecule has 1 aliphatic rings. The van der Waals surface area contributed by atoms with E-state index in [-0.39, 0.29) is 30.0 Å². The Morgan fingerprint density at radius 1 is 1.22 bits per heavy atom. The molecule has 4 rings (SSSR count). The SMILES string of the molecule is C[C@@H](CN[C@H](c1ccccc1)[C@H]1CNc2cccnc2O1)c1cccc(CC(=O)O)c1F. The Labute approximate surface area is 186 Å². The maximum absolute atomic E-state index is 14.9. The van der Waals surface area contributed by atoms with Crippen LogP contribution in [0, 0.1) is 5.82 Å². The molecule has 0 saturated heterocycles. The maximum atomic E-state index is 14.9. The van der Waals surface area contributed by atoms with E-state index in [1.165, 1.54) is 6.07 Å². The van der Waals surface area contributed by atoms with Crippen LogP contribution >= 0.6 is 0 Å². The summed E-state index contributed by atoms with van der Waals surface area (Å²) in [4.78, 5) is 15.4. The normalized spacial score (nSPS) is 16.9. The third kappa shape index (κ3) is 4.89. The molecule has 32 heavy (non-hydrogen) atoms. The number of pyridine rings is 1. The number of benzene rings is 2. The first-order chi connectivity index (χ1) is 15.5. The van der Waals surface area contributed by atoms with E-state index in [1.54, 1.807) is 18.3 Å². The molecular weight excluding hydrogens is 409 g/mol. The Hall–Kier alpha value is -3.45. The summed E-state index contributed by atoms with van der Waals surface area (Å²) in [6, 6.07) is 18.6. The van der Waals surface area contributed by atoms with E-state index in [2.05, 4.69) is 15.6 Å². The Morgan fingerprint density at radius 3 is 2.81 bits per heavy atom. The molecule has 0 spiro atoms. The molecule has 7 heteroatoms. The van der Waals surface area contributed by atoms with Gasteiger partial charge in [-0.2, -0.15) is 0 Å². The first kappa shape index (κ1) is 21.8. The second kappa shape index (κ2) is 9.78. The Bertz CT molecular complexity index is 1080. The lowest BCUT2D eigenvalue weighted by Crippen LogP contribution is -2.43. The molecule has 1 aliphatic heterocycles. The van der Waals surface area contributed by atoms with Crippen molar-refractivity contribution in [1.29, 1.82) is 0 Å². The summed E-state index contributed by atoms with van der Waals surface area (Å²) in [5, 5.41) is 16.0. The lowest BCUT2D eigenvalue weighted by molar-refractivity contribution is -0.136. The van der Waals surface area contributed by atoms with Crippen molar-refractivity contribution in [2.75, 3.05) is 18.4 Å². The molecule has 3 N–H and O–H groups in total. The van der Waals surface area contributed by atoms with Crippen molar-refractivity contribution in [2.24, 2.45) is 0 Å². The number of carbonyl (C=O) groups is 1. The number of nitrogens with zero attached hydrogens (tertiary/aromatic N) is 1. The van der Waals surface area contributed by atoms with Crippen molar-refractivity contribution in [3.8, 4) is 5.88 Å². The zero-order chi connectivity index (χ0) is 22.5. The standard InChI is InChI=1S/C25H26FN3O3/c1-16(19-10-5-9-18(23(19)26)13-22(30)31)14-29-24(17-7-3-2-4-8-17)21-15-28-20-11-6-12-27-25(20)32-21/h2-12,16,21,24,28-29H,13-15H2,1H3,(H,30,31)/t16-,21+,24+/m0/s1. The highest BCUT2D eigenvalue weighted by Crippen LogP contribution is 2.31. The molecule has 0 amide bonds. The number of fused-ring (bicyclic) bond motifs is 1. The molecule has 1 aromatic heterocycles. The number of ether oxygens (including phenoxy) is 1. The predicted octanol–water partition coefficient (Wildman–Crippen LogP) is 4.16. The number of hydrogen-bond acceptors (Lipinski definition) is 5. The Kier molecular flexibility index (Phi) is 6.66. The van der Waals surface area contributed by atoms with Crippen molar-refractivity contribution >= 4 is 11.7 Å². The van der Waals surface area contributed by atoms with Gasteiger partial charge in [0, 0.05) is 12.7 Å². The van der Waals surface area contributed by atoms with Crippen LogP contribution in [0.1, 0.15) is 35.6 Å². The number of aromatic nitrogens is 1. The quantitative estimate of drug-likeness (QED) is 0.493. The third-order valence-corrected chi connectivity index (χ3v) is 5.68. The lowest BCUT2D eigenvalue weighted by atomic mass is 9.95. The van der Waals surface area contributed by atoms with Gasteiger partial charge in [-0.1, -0.05) is 55.5 Å². The van der Waals surface area contributed by atoms with Crippen LogP contribution in [0.3, 0.4) is 0 Å². The second-order valence-corrected chi connectivity index (χ2v) is 7.98. The van der Waals surface area contributed by atoms with Crippen LogP contribution in [0.15, 0.2) is 66.9 Å².